The SMILES string of the molecule is N#C[C@@H](C(=O)NC1CCCC1)C(=O)c1cccc(-c2ncn[nH]2)c1. The van der Waals surface area contributed by atoms with Crippen LogP contribution < -0.4 is 5.32 Å². The maximum absolute atomic E-state index is 12.6. The van der Waals surface area contributed by atoms with Crippen molar-refractivity contribution < 1.29 is 9.59 Å². The molecule has 2 N–H and O–H groups in total. The molecule has 1 aliphatic rings. The Hall–Kier alpha value is -3.01. The molecule has 2 aromatic rings. The highest BCUT2D eigenvalue weighted by Gasteiger charge is 2.30. The van der Waals surface area contributed by atoms with E-state index in [-0.39, 0.29) is 6.04 Å². The second-order valence-electron chi connectivity index (χ2n) is 5.83. The monoisotopic (exact) mass is 323 g/mol. The van der Waals surface area contributed by atoms with Gasteiger partial charge in [-0.3, -0.25) is 14.7 Å². The molecule has 0 saturated heterocycles. The van der Waals surface area contributed by atoms with E-state index in [1.807, 2.05) is 6.07 Å². The van der Waals surface area contributed by atoms with Crippen molar-refractivity contribution in [3.05, 3.63) is 36.2 Å². The van der Waals surface area contributed by atoms with E-state index >= 15 is 0 Å². The standard InChI is InChI=1S/C17H17N5O2/c18-9-14(17(24)21-13-6-1-2-7-13)15(23)11-4-3-5-12(8-11)16-19-10-20-22-16/h3-5,8,10,13-14H,1-2,6-7H2,(H,21,24)(H,19,20,22)/t14-/m1/s1. The molecule has 1 saturated carbocycles. The van der Waals surface area contributed by atoms with Crippen LogP contribution >= 0.6 is 0 Å². The number of aromatic amines is 1. The van der Waals surface area contributed by atoms with Gasteiger partial charge in [-0.05, 0) is 18.9 Å². The van der Waals surface area contributed by atoms with Crippen molar-refractivity contribution >= 4 is 11.7 Å². The average Bonchev–Trinajstić information content (AvgIpc) is 3.29. The Kier molecular flexibility index (Phi) is 4.66. The van der Waals surface area contributed by atoms with Gasteiger partial charge in [-0.1, -0.05) is 31.0 Å². The number of rotatable bonds is 5. The van der Waals surface area contributed by atoms with Crippen LogP contribution in [0.25, 0.3) is 11.4 Å². The second-order valence-corrected chi connectivity index (χ2v) is 5.83. The van der Waals surface area contributed by atoms with Gasteiger partial charge in [0.2, 0.25) is 5.91 Å². The molecule has 0 radical (unpaired) electrons. The number of Topliss-reactive ketones (excluding diaryl/α,β-unsaturated/α-hetero) is 1. The van der Waals surface area contributed by atoms with E-state index in [4.69, 9.17) is 0 Å². The van der Waals surface area contributed by atoms with Crippen LogP contribution in [0.5, 0.6) is 0 Å². The molecule has 1 aliphatic carbocycles. The fraction of sp³-hybridized carbons (Fsp3) is 0.353. The molecule has 1 atom stereocenters. The summed E-state index contributed by atoms with van der Waals surface area (Å²) in [5.41, 5.74) is 0.975. The van der Waals surface area contributed by atoms with Crippen molar-refractivity contribution in [3.8, 4) is 17.5 Å². The molecule has 24 heavy (non-hydrogen) atoms. The molecule has 0 unspecified atom stereocenters. The van der Waals surface area contributed by atoms with Gasteiger partial charge in [-0.25, -0.2) is 4.98 Å². The van der Waals surface area contributed by atoms with E-state index in [0.29, 0.717) is 17.0 Å². The Morgan fingerprint density at radius 2 is 2.12 bits per heavy atom. The van der Waals surface area contributed by atoms with Gasteiger partial charge in [-0.15, -0.1) is 0 Å². The van der Waals surface area contributed by atoms with Crippen molar-refractivity contribution in [3.63, 3.8) is 0 Å². The number of aromatic nitrogens is 3. The Morgan fingerprint density at radius 3 is 2.79 bits per heavy atom. The highest BCUT2D eigenvalue weighted by Crippen LogP contribution is 2.20. The van der Waals surface area contributed by atoms with Crippen LogP contribution in [0.1, 0.15) is 36.0 Å². The first-order chi connectivity index (χ1) is 11.7. The third-order valence-electron chi connectivity index (χ3n) is 4.19. The van der Waals surface area contributed by atoms with Gasteiger partial charge >= 0.3 is 0 Å². The summed E-state index contributed by atoms with van der Waals surface area (Å²) in [4.78, 5) is 28.9. The molecular weight excluding hydrogens is 306 g/mol. The van der Waals surface area contributed by atoms with E-state index in [2.05, 4.69) is 20.5 Å². The van der Waals surface area contributed by atoms with Crippen LogP contribution in [0.3, 0.4) is 0 Å². The highest BCUT2D eigenvalue weighted by molar-refractivity contribution is 6.12. The van der Waals surface area contributed by atoms with Crippen LogP contribution in [-0.4, -0.2) is 32.9 Å². The lowest BCUT2D eigenvalue weighted by Crippen LogP contribution is -2.39. The zero-order valence-electron chi connectivity index (χ0n) is 13.0. The summed E-state index contributed by atoms with van der Waals surface area (Å²) in [7, 11) is 0. The van der Waals surface area contributed by atoms with Gasteiger partial charge in [0.15, 0.2) is 17.5 Å². The van der Waals surface area contributed by atoms with Crippen LogP contribution in [-0.2, 0) is 4.79 Å². The van der Waals surface area contributed by atoms with Gasteiger partial charge < -0.3 is 5.32 Å². The molecule has 0 aliphatic heterocycles. The van der Waals surface area contributed by atoms with E-state index in [9.17, 15) is 14.9 Å². The molecule has 1 amide bonds. The van der Waals surface area contributed by atoms with Crippen molar-refractivity contribution in [2.24, 2.45) is 5.92 Å². The highest BCUT2D eigenvalue weighted by atomic mass is 16.2. The van der Waals surface area contributed by atoms with E-state index in [0.717, 1.165) is 25.7 Å². The summed E-state index contributed by atoms with van der Waals surface area (Å²) in [5.74, 6) is -1.84. The first kappa shape index (κ1) is 15.9. The molecule has 1 aromatic heterocycles. The molecule has 0 spiro atoms. The second kappa shape index (κ2) is 7.04. The van der Waals surface area contributed by atoms with Crippen LogP contribution in [0, 0.1) is 17.2 Å². The van der Waals surface area contributed by atoms with E-state index < -0.39 is 17.6 Å². The summed E-state index contributed by atoms with van der Waals surface area (Å²) in [6.45, 7) is 0. The van der Waals surface area contributed by atoms with Crippen molar-refractivity contribution in [2.45, 2.75) is 31.7 Å². The van der Waals surface area contributed by atoms with Crippen LogP contribution in [0.4, 0.5) is 0 Å². The molecule has 7 nitrogen and oxygen atoms in total. The minimum atomic E-state index is -1.34. The van der Waals surface area contributed by atoms with Gasteiger partial charge in [0.25, 0.3) is 0 Å². The lowest BCUT2D eigenvalue weighted by Gasteiger charge is -2.14. The Morgan fingerprint density at radius 1 is 1.33 bits per heavy atom. The minimum absolute atomic E-state index is 0.0710. The van der Waals surface area contributed by atoms with Gasteiger partial charge in [0, 0.05) is 17.2 Å². The summed E-state index contributed by atoms with van der Waals surface area (Å²) >= 11 is 0. The minimum Gasteiger partial charge on any atom is -0.352 e. The number of H-pyrrole nitrogens is 1. The maximum atomic E-state index is 12.6. The molecule has 122 valence electrons. The topological polar surface area (TPSA) is 112 Å². The third kappa shape index (κ3) is 3.33. The Labute approximate surface area is 139 Å². The number of nitrogens with zero attached hydrogens (tertiary/aromatic N) is 3. The fourth-order valence-electron chi connectivity index (χ4n) is 2.92. The summed E-state index contributed by atoms with van der Waals surface area (Å²) in [5, 5.41) is 18.6. The quantitative estimate of drug-likeness (QED) is 0.644. The number of benzene rings is 1. The average molecular weight is 323 g/mol. The third-order valence-corrected chi connectivity index (χ3v) is 4.19. The van der Waals surface area contributed by atoms with E-state index in [1.165, 1.54) is 6.33 Å². The number of nitrogens with one attached hydrogen (secondary N) is 2. The van der Waals surface area contributed by atoms with E-state index in [1.54, 1.807) is 24.3 Å². The van der Waals surface area contributed by atoms with Gasteiger partial charge in [-0.2, -0.15) is 10.4 Å². The Balaban J connectivity index is 1.77. The van der Waals surface area contributed by atoms with Crippen LogP contribution in [0.2, 0.25) is 0 Å². The number of hydrogen-bond donors (Lipinski definition) is 2. The van der Waals surface area contributed by atoms with Crippen LogP contribution in [0.15, 0.2) is 30.6 Å². The van der Waals surface area contributed by atoms with Gasteiger partial charge in [0.05, 0.1) is 6.07 Å². The molecule has 3 rings (SSSR count). The van der Waals surface area contributed by atoms with Crippen molar-refractivity contribution in [1.82, 2.24) is 20.5 Å². The summed E-state index contributed by atoms with van der Waals surface area (Å²) < 4.78 is 0. The predicted octanol–water partition coefficient (Wildman–Crippen LogP) is 1.85. The molecule has 0 bridgehead atoms. The van der Waals surface area contributed by atoms with Crippen molar-refractivity contribution in [2.75, 3.05) is 0 Å². The number of ketones is 1. The predicted molar refractivity (Wildman–Crippen MR) is 85.7 cm³/mol. The molecule has 7 heteroatoms. The molecular formula is C17H17N5O2. The number of hydrogen-bond acceptors (Lipinski definition) is 5. The van der Waals surface area contributed by atoms with Gasteiger partial charge in [0.1, 0.15) is 6.33 Å². The zero-order chi connectivity index (χ0) is 16.9. The first-order valence-corrected chi connectivity index (χ1v) is 7.89. The lowest BCUT2D eigenvalue weighted by molar-refractivity contribution is -0.122. The normalized spacial score (nSPS) is 15.6. The Bertz CT molecular complexity index is 773. The largest absolute Gasteiger partial charge is 0.352 e. The molecule has 1 fully saturated rings. The molecule has 1 aromatic carbocycles. The zero-order valence-corrected chi connectivity index (χ0v) is 13.0. The number of nitriles is 1. The summed E-state index contributed by atoms with van der Waals surface area (Å²) in [6, 6.07) is 8.57. The first-order valence-electron chi connectivity index (χ1n) is 7.89. The fourth-order valence-corrected chi connectivity index (χ4v) is 2.92. The maximum Gasteiger partial charge on any atom is 0.245 e. The number of amides is 1. The number of carbonyl (C=O) groups is 2. The smallest absolute Gasteiger partial charge is 0.245 e. The summed E-state index contributed by atoms with van der Waals surface area (Å²) in [6.07, 6.45) is 5.31. The number of carbonyl (C=O) groups excluding carboxylic acids is 2. The lowest BCUT2D eigenvalue weighted by atomic mass is 9.96. The molecule has 1 heterocycles. The van der Waals surface area contributed by atoms with Crippen molar-refractivity contribution in [1.29, 1.82) is 5.26 Å².